The van der Waals surface area contributed by atoms with Crippen molar-refractivity contribution in [1.82, 2.24) is 0 Å². The molecule has 0 heterocycles. The first kappa shape index (κ1) is 15.7. The summed E-state index contributed by atoms with van der Waals surface area (Å²) in [5.74, 6) is 1.30. The predicted octanol–water partition coefficient (Wildman–Crippen LogP) is 3.18. The maximum absolute atomic E-state index is 10.9. The van der Waals surface area contributed by atoms with Crippen LogP contribution >= 0.6 is 0 Å². The second-order valence-electron chi connectivity index (χ2n) is 7.88. The van der Waals surface area contributed by atoms with Crippen LogP contribution < -0.4 is 4.84 Å². The van der Waals surface area contributed by atoms with Crippen LogP contribution in [0.3, 0.4) is 0 Å². The summed E-state index contributed by atoms with van der Waals surface area (Å²) in [5, 5.41) is 30.4. The first-order valence-electron chi connectivity index (χ1n) is 8.76. The van der Waals surface area contributed by atoms with Crippen LogP contribution in [0.2, 0.25) is 0 Å². The number of phenols is 1. The van der Waals surface area contributed by atoms with E-state index in [0.717, 1.165) is 49.7 Å². The van der Waals surface area contributed by atoms with Crippen molar-refractivity contribution in [2.75, 3.05) is 0 Å². The van der Waals surface area contributed by atoms with E-state index in [1.165, 1.54) is 6.07 Å². The molecule has 0 bridgehead atoms. The highest BCUT2D eigenvalue weighted by Crippen LogP contribution is 2.62. The molecule has 1 aromatic carbocycles. The fraction of sp³-hybridized carbons (Fsp3) is 0.667. The summed E-state index contributed by atoms with van der Waals surface area (Å²) in [5.41, 5.74) is 1.85. The van der Waals surface area contributed by atoms with Crippen LogP contribution in [0, 0.1) is 27.4 Å². The third-order valence-corrected chi connectivity index (χ3v) is 6.89. The molecule has 2 fully saturated rings. The van der Waals surface area contributed by atoms with Crippen molar-refractivity contribution in [3.63, 3.8) is 0 Å². The number of benzene rings is 1. The van der Waals surface area contributed by atoms with Gasteiger partial charge in [0.05, 0.1) is 6.10 Å². The summed E-state index contributed by atoms with van der Waals surface area (Å²) in [4.78, 5) is 15.7. The lowest BCUT2D eigenvalue weighted by molar-refractivity contribution is -0.711. The molecular formula is C18H23NO5. The van der Waals surface area contributed by atoms with Gasteiger partial charge in [-0.25, -0.2) is 0 Å². The zero-order valence-corrected chi connectivity index (χ0v) is 13.8. The Kier molecular flexibility index (Phi) is 3.49. The first-order chi connectivity index (χ1) is 11.4. The van der Waals surface area contributed by atoms with Gasteiger partial charge in [-0.15, -0.1) is 10.1 Å². The Labute approximate surface area is 140 Å². The number of fused-ring (bicyclic) bond motifs is 5. The lowest BCUT2D eigenvalue weighted by Crippen LogP contribution is -2.44. The lowest BCUT2D eigenvalue weighted by Gasteiger charge is -2.50. The molecule has 2 saturated carbocycles. The van der Waals surface area contributed by atoms with Crippen LogP contribution in [0.5, 0.6) is 11.5 Å². The van der Waals surface area contributed by atoms with E-state index in [1.54, 1.807) is 6.07 Å². The van der Waals surface area contributed by atoms with Crippen LogP contribution in [0.25, 0.3) is 0 Å². The molecular weight excluding hydrogens is 310 g/mol. The Morgan fingerprint density at radius 2 is 2.08 bits per heavy atom. The van der Waals surface area contributed by atoms with E-state index < -0.39 is 5.09 Å². The molecule has 0 aliphatic heterocycles. The predicted molar refractivity (Wildman–Crippen MR) is 86.4 cm³/mol. The van der Waals surface area contributed by atoms with Gasteiger partial charge in [-0.1, -0.05) is 6.92 Å². The fourth-order valence-electron chi connectivity index (χ4n) is 5.79. The van der Waals surface area contributed by atoms with Crippen molar-refractivity contribution in [3.8, 4) is 11.5 Å². The van der Waals surface area contributed by atoms with Gasteiger partial charge in [-0.05, 0) is 78.9 Å². The third-order valence-electron chi connectivity index (χ3n) is 6.89. The molecule has 4 rings (SSSR count). The van der Waals surface area contributed by atoms with E-state index in [0.29, 0.717) is 11.8 Å². The summed E-state index contributed by atoms with van der Waals surface area (Å²) in [7, 11) is 0. The summed E-state index contributed by atoms with van der Waals surface area (Å²) < 4.78 is 0. The Bertz CT molecular complexity index is 690. The smallest absolute Gasteiger partial charge is 0.299 e. The summed E-state index contributed by atoms with van der Waals surface area (Å²) in [6.45, 7) is 2.20. The number of aliphatic hydroxyl groups excluding tert-OH is 1. The van der Waals surface area contributed by atoms with Gasteiger partial charge in [0.15, 0.2) is 0 Å². The molecule has 2 N–H and O–H groups in total. The van der Waals surface area contributed by atoms with Crippen LogP contribution in [-0.4, -0.2) is 21.4 Å². The van der Waals surface area contributed by atoms with Gasteiger partial charge >= 0.3 is 0 Å². The molecule has 24 heavy (non-hydrogen) atoms. The van der Waals surface area contributed by atoms with Crippen molar-refractivity contribution in [1.29, 1.82) is 0 Å². The Hall–Kier alpha value is -1.82. The quantitative estimate of drug-likeness (QED) is 0.640. The van der Waals surface area contributed by atoms with E-state index in [9.17, 15) is 20.3 Å². The summed E-state index contributed by atoms with van der Waals surface area (Å²) in [6, 6.07) is 3.08. The Morgan fingerprint density at radius 3 is 2.83 bits per heavy atom. The lowest BCUT2D eigenvalue weighted by atomic mass is 9.55. The monoisotopic (exact) mass is 333 g/mol. The van der Waals surface area contributed by atoms with Gasteiger partial charge in [0.25, 0.3) is 5.09 Å². The minimum Gasteiger partial charge on any atom is -0.508 e. The number of hydrogen-bond acceptors (Lipinski definition) is 5. The van der Waals surface area contributed by atoms with E-state index in [2.05, 4.69) is 6.92 Å². The molecule has 0 saturated heterocycles. The second-order valence-corrected chi connectivity index (χ2v) is 7.88. The largest absolute Gasteiger partial charge is 0.508 e. The van der Waals surface area contributed by atoms with E-state index >= 15 is 0 Å². The minimum atomic E-state index is -0.801. The summed E-state index contributed by atoms with van der Waals surface area (Å²) >= 11 is 0. The molecule has 3 aliphatic rings. The highest BCUT2D eigenvalue weighted by atomic mass is 17.0. The molecule has 0 aromatic heterocycles. The van der Waals surface area contributed by atoms with Gasteiger partial charge < -0.3 is 10.2 Å². The molecule has 6 nitrogen and oxygen atoms in total. The van der Waals surface area contributed by atoms with Crippen molar-refractivity contribution in [2.24, 2.45) is 17.3 Å². The molecule has 3 aliphatic carbocycles. The second kappa shape index (κ2) is 5.34. The number of phenolic OH excluding ortho intramolecular Hbond substituents is 1. The number of hydrogen-bond donors (Lipinski definition) is 2. The number of aliphatic hydroxyl groups is 1. The minimum absolute atomic E-state index is 0.0148. The van der Waals surface area contributed by atoms with E-state index in [-0.39, 0.29) is 28.9 Å². The topological polar surface area (TPSA) is 92.8 Å². The maximum Gasteiger partial charge on any atom is 0.299 e. The molecule has 6 heteroatoms. The normalized spacial score (nSPS) is 37.2. The average Bonchev–Trinajstić information content (AvgIpc) is 2.81. The SMILES string of the molecule is C[C@]12CC[C@@H]3c4c(cc(O)cc4O[N+](=O)[O-])CC[C@@H]3[C@@H]1CC[C@@H]2O. The van der Waals surface area contributed by atoms with Gasteiger partial charge in [-0.3, -0.25) is 4.84 Å². The Balaban J connectivity index is 1.75. The third kappa shape index (κ3) is 2.19. The van der Waals surface area contributed by atoms with Crippen molar-refractivity contribution < 1.29 is 20.1 Å². The fourth-order valence-corrected chi connectivity index (χ4v) is 5.79. The standard InChI is InChI=1S/C18H23NO5/c1-18-7-6-13-12(14(18)4-5-16(18)21)3-2-10-8-11(20)9-15(17(10)13)24-19(22)23/h8-9,12-14,16,20-21H,2-7H2,1H3/t12-,13-,14-,16-,18-/m0/s1. The van der Waals surface area contributed by atoms with Crippen LogP contribution in [0.4, 0.5) is 0 Å². The molecule has 0 spiro atoms. The molecule has 0 radical (unpaired) electrons. The van der Waals surface area contributed by atoms with Gasteiger partial charge in [0.1, 0.15) is 11.5 Å². The number of nitrogens with zero attached hydrogens (tertiary/aromatic N) is 1. The Morgan fingerprint density at radius 1 is 1.29 bits per heavy atom. The molecule has 130 valence electrons. The van der Waals surface area contributed by atoms with Crippen molar-refractivity contribution in [2.45, 2.75) is 57.5 Å². The molecule has 5 atom stereocenters. The van der Waals surface area contributed by atoms with Gasteiger partial charge in [0.2, 0.25) is 0 Å². The highest BCUT2D eigenvalue weighted by molar-refractivity contribution is 5.50. The maximum atomic E-state index is 10.9. The van der Waals surface area contributed by atoms with Gasteiger partial charge in [0, 0.05) is 6.07 Å². The van der Waals surface area contributed by atoms with Crippen molar-refractivity contribution >= 4 is 0 Å². The molecule has 0 unspecified atom stereocenters. The van der Waals surface area contributed by atoms with E-state index in [4.69, 9.17) is 4.84 Å². The van der Waals surface area contributed by atoms with Crippen LogP contribution in [0.15, 0.2) is 12.1 Å². The first-order valence-corrected chi connectivity index (χ1v) is 8.76. The number of aryl methyl sites for hydroxylation is 1. The van der Waals surface area contributed by atoms with Crippen molar-refractivity contribution in [3.05, 3.63) is 33.4 Å². The highest BCUT2D eigenvalue weighted by Gasteiger charge is 2.54. The van der Waals surface area contributed by atoms with Crippen LogP contribution in [-0.2, 0) is 6.42 Å². The van der Waals surface area contributed by atoms with Crippen LogP contribution in [0.1, 0.15) is 56.1 Å². The zero-order chi connectivity index (χ0) is 17.1. The number of aromatic hydroxyl groups is 1. The number of rotatable bonds is 2. The molecule has 1 aromatic rings. The zero-order valence-electron chi connectivity index (χ0n) is 13.8. The van der Waals surface area contributed by atoms with E-state index in [1.807, 2.05) is 0 Å². The average molecular weight is 333 g/mol. The van der Waals surface area contributed by atoms with Gasteiger partial charge in [-0.2, -0.15) is 0 Å². The summed E-state index contributed by atoms with van der Waals surface area (Å²) in [6.07, 6.45) is 5.27. The molecule has 0 amide bonds.